The number of halogens is 1. The lowest BCUT2D eigenvalue weighted by molar-refractivity contribution is -0.137. The molecule has 5 heteroatoms. The van der Waals surface area contributed by atoms with Crippen LogP contribution in [-0.4, -0.2) is 24.9 Å². The van der Waals surface area contributed by atoms with Crippen molar-refractivity contribution < 1.29 is 9.59 Å². The van der Waals surface area contributed by atoms with Gasteiger partial charge in [0.05, 0.1) is 0 Å². The molecule has 1 aliphatic carbocycles. The van der Waals surface area contributed by atoms with Crippen LogP contribution in [0.1, 0.15) is 32.3 Å². The second-order valence-corrected chi connectivity index (χ2v) is 6.76. The van der Waals surface area contributed by atoms with E-state index in [1.165, 1.54) is 0 Å². The molecule has 2 rings (SSSR count). The average molecular weight is 323 g/mol. The van der Waals surface area contributed by atoms with Crippen molar-refractivity contribution in [3.05, 3.63) is 34.9 Å². The van der Waals surface area contributed by atoms with E-state index in [0.717, 1.165) is 5.56 Å². The largest absolute Gasteiger partial charge is 0.355 e. The van der Waals surface area contributed by atoms with Gasteiger partial charge in [-0.05, 0) is 42.9 Å². The van der Waals surface area contributed by atoms with Gasteiger partial charge in [0.1, 0.15) is 5.41 Å². The molecule has 0 spiro atoms. The van der Waals surface area contributed by atoms with Gasteiger partial charge in [-0.2, -0.15) is 0 Å². The fourth-order valence-electron chi connectivity index (χ4n) is 2.33. The molecule has 0 saturated heterocycles. The maximum atomic E-state index is 12.3. The minimum absolute atomic E-state index is 0.138. The van der Waals surface area contributed by atoms with E-state index in [0.29, 0.717) is 43.3 Å². The molecule has 2 N–H and O–H groups in total. The molecule has 0 radical (unpaired) electrons. The maximum Gasteiger partial charge on any atom is 0.235 e. The van der Waals surface area contributed by atoms with E-state index in [1.54, 1.807) is 0 Å². The Morgan fingerprint density at radius 1 is 1.23 bits per heavy atom. The molecule has 22 heavy (non-hydrogen) atoms. The number of benzene rings is 1. The van der Waals surface area contributed by atoms with Crippen LogP contribution in [-0.2, 0) is 16.0 Å². The lowest BCUT2D eigenvalue weighted by Gasteiger charge is -2.16. The van der Waals surface area contributed by atoms with E-state index < -0.39 is 5.41 Å². The van der Waals surface area contributed by atoms with Gasteiger partial charge in [0.2, 0.25) is 11.8 Å². The summed E-state index contributed by atoms with van der Waals surface area (Å²) in [5.74, 6) is 0.0860. The van der Waals surface area contributed by atoms with Gasteiger partial charge in [-0.1, -0.05) is 37.6 Å². The molecule has 0 bridgehead atoms. The van der Waals surface area contributed by atoms with Crippen molar-refractivity contribution in [1.29, 1.82) is 0 Å². The van der Waals surface area contributed by atoms with E-state index in [1.807, 2.05) is 38.1 Å². The van der Waals surface area contributed by atoms with Gasteiger partial charge < -0.3 is 10.6 Å². The van der Waals surface area contributed by atoms with Crippen molar-refractivity contribution >= 4 is 23.4 Å². The number of hydrogen-bond acceptors (Lipinski definition) is 2. The average Bonchev–Trinajstić information content (AvgIpc) is 3.26. The van der Waals surface area contributed by atoms with Crippen LogP contribution in [0.5, 0.6) is 0 Å². The summed E-state index contributed by atoms with van der Waals surface area (Å²) in [6.45, 7) is 5.19. The molecule has 0 aromatic heterocycles. The number of hydrogen-bond donors (Lipinski definition) is 2. The molecule has 2 amide bonds. The molecule has 0 heterocycles. The number of carbonyl (C=O) groups excluding carboxylic acids is 2. The molecule has 1 fully saturated rings. The van der Waals surface area contributed by atoms with E-state index in [9.17, 15) is 9.59 Å². The molecule has 0 aliphatic heterocycles. The van der Waals surface area contributed by atoms with Crippen molar-refractivity contribution in [3.8, 4) is 0 Å². The maximum absolute atomic E-state index is 12.3. The first-order chi connectivity index (χ1) is 10.4. The van der Waals surface area contributed by atoms with Gasteiger partial charge in [-0.15, -0.1) is 0 Å². The molecule has 1 saturated carbocycles. The second kappa shape index (κ2) is 7.14. The minimum Gasteiger partial charge on any atom is -0.355 e. The van der Waals surface area contributed by atoms with Crippen LogP contribution in [0.2, 0.25) is 5.02 Å². The Hall–Kier alpha value is -1.55. The Labute approximate surface area is 136 Å². The minimum atomic E-state index is -0.830. The predicted molar refractivity (Wildman–Crippen MR) is 87.7 cm³/mol. The summed E-state index contributed by atoms with van der Waals surface area (Å²) in [6, 6.07) is 7.57. The summed E-state index contributed by atoms with van der Waals surface area (Å²) >= 11 is 5.93. The summed E-state index contributed by atoms with van der Waals surface area (Å²) in [7, 11) is 0. The van der Waals surface area contributed by atoms with E-state index in [4.69, 9.17) is 11.6 Å². The molecule has 1 aromatic carbocycles. The van der Waals surface area contributed by atoms with Crippen molar-refractivity contribution in [3.63, 3.8) is 0 Å². The van der Waals surface area contributed by atoms with E-state index in [-0.39, 0.29) is 11.8 Å². The zero-order valence-corrected chi connectivity index (χ0v) is 13.9. The fraction of sp³-hybridized carbons (Fsp3) is 0.529. The van der Waals surface area contributed by atoms with Crippen molar-refractivity contribution in [2.45, 2.75) is 33.1 Å². The van der Waals surface area contributed by atoms with Crippen LogP contribution in [0.25, 0.3) is 0 Å². The first-order valence-corrected chi connectivity index (χ1v) is 8.13. The summed E-state index contributed by atoms with van der Waals surface area (Å²) in [5.41, 5.74) is 0.241. The van der Waals surface area contributed by atoms with Crippen LogP contribution in [0, 0.1) is 11.3 Å². The topological polar surface area (TPSA) is 58.2 Å². The van der Waals surface area contributed by atoms with Crippen LogP contribution in [0.15, 0.2) is 24.3 Å². The second-order valence-electron chi connectivity index (χ2n) is 6.32. The fourth-order valence-corrected chi connectivity index (χ4v) is 2.54. The third kappa shape index (κ3) is 4.23. The summed E-state index contributed by atoms with van der Waals surface area (Å²) in [6.07, 6.45) is 1.98. The lowest BCUT2D eigenvalue weighted by Crippen LogP contribution is -2.44. The smallest absolute Gasteiger partial charge is 0.235 e. The summed E-state index contributed by atoms with van der Waals surface area (Å²) in [5, 5.41) is 6.43. The van der Waals surface area contributed by atoms with Crippen molar-refractivity contribution in [2.75, 3.05) is 13.1 Å². The highest BCUT2D eigenvalue weighted by Crippen LogP contribution is 2.46. The van der Waals surface area contributed by atoms with Gasteiger partial charge in [-0.3, -0.25) is 9.59 Å². The first-order valence-electron chi connectivity index (χ1n) is 7.75. The first kappa shape index (κ1) is 16.8. The van der Waals surface area contributed by atoms with E-state index in [2.05, 4.69) is 10.6 Å². The normalized spacial score (nSPS) is 15.5. The molecule has 1 aliphatic rings. The van der Waals surface area contributed by atoms with E-state index >= 15 is 0 Å². The Bertz CT molecular complexity index is 553. The van der Waals surface area contributed by atoms with Gasteiger partial charge >= 0.3 is 0 Å². The number of nitrogens with one attached hydrogen (secondary N) is 2. The van der Waals surface area contributed by atoms with Gasteiger partial charge in [0.15, 0.2) is 0 Å². The Morgan fingerprint density at radius 2 is 1.91 bits per heavy atom. The molecule has 0 unspecified atom stereocenters. The predicted octanol–water partition coefficient (Wildman–Crippen LogP) is 2.55. The van der Waals surface area contributed by atoms with Crippen LogP contribution in [0.3, 0.4) is 0 Å². The number of amides is 2. The third-order valence-corrected chi connectivity index (χ3v) is 4.11. The molecule has 120 valence electrons. The van der Waals surface area contributed by atoms with Crippen LogP contribution < -0.4 is 10.6 Å². The van der Waals surface area contributed by atoms with Crippen molar-refractivity contribution in [2.24, 2.45) is 11.3 Å². The molecule has 1 aromatic rings. The number of rotatable bonds is 7. The Kier molecular flexibility index (Phi) is 5.46. The standard InChI is InChI=1S/C17H23ClN2O2/c1-12(2)11-20-16(22)17(7-8-17)15(21)19-9-6-13-4-3-5-14(18)10-13/h3-5,10,12H,6-9,11H2,1-2H3,(H,19,21)(H,20,22). The Morgan fingerprint density at radius 3 is 2.50 bits per heavy atom. The zero-order chi connectivity index (χ0) is 16.2. The Balaban J connectivity index is 1.80. The highest BCUT2D eigenvalue weighted by Gasteiger charge is 2.56. The highest BCUT2D eigenvalue weighted by atomic mass is 35.5. The molecular weight excluding hydrogens is 300 g/mol. The third-order valence-electron chi connectivity index (χ3n) is 3.88. The zero-order valence-electron chi connectivity index (χ0n) is 13.1. The van der Waals surface area contributed by atoms with Crippen molar-refractivity contribution in [1.82, 2.24) is 10.6 Å². The van der Waals surface area contributed by atoms with Gasteiger partial charge in [-0.25, -0.2) is 0 Å². The number of carbonyl (C=O) groups is 2. The molecular formula is C17H23ClN2O2. The quantitative estimate of drug-likeness (QED) is 0.758. The van der Waals surface area contributed by atoms with Gasteiger partial charge in [0, 0.05) is 18.1 Å². The summed E-state index contributed by atoms with van der Waals surface area (Å²) in [4.78, 5) is 24.4. The van der Waals surface area contributed by atoms with Crippen LogP contribution in [0.4, 0.5) is 0 Å². The van der Waals surface area contributed by atoms with Gasteiger partial charge in [0.25, 0.3) is 0 Å². The highest BCUT2D eigenvalue weighted by molar-refractivity contribution is 6.30. The summed E-state index contributed by atoms with van der Waals surface area (Å²) < 4.78 is 0. The monoisotopic (exact) mass is 322 g/mol. The molecule has 0 atom stereocenters. The SMILES string of the molecule is CC(C)CNC(=O)C1(C(=O)NCCc2cccc(Cl)c2)CC1. The molecule has 4 nitrogen and oxygen atoms in total. The lowest BCUT2D eigenvalue weighted by atomic mass is 10.0. The van der Waals surface area contributed by atoms with Crippen LogP contribution >= 0.6 is 11.6 Å².